The minimum atomic E-state index is -0.326. The van der Waals surface area contributed by atoms with Crippen molar-refractivity contribution in [1.29, 1.82) is 0 Å². The van der Waals surface area contributed by atoms with Gasteiger partial charge in [-0.1, -0.05) is 28.9 Å². The summed E-state index contributed by atoms with van der Waals surface area (Å²) >= 11 is 5.09. The molecule has 1 atom stereocenters. The molecule has 0 saturated carbocycles. The summed E-state index contributed by atoms with van der Waals surface area (Å²) in [4.78, 5) is 31.3. The van der Waals surface area contributed by atoms with E-state index in [-0.39, 0.29) is 36.8 Å². The van der Waals surface area contributed by atoms with Crippen LogP contribution in [-0.2, 0) is 11.2 Å². The minimum absolute atomic E-state index is 0.00566. The number of carbonyl (C=O) groups is 2. The van der Waals surface area contributed by atoms with Crippen molar-refractivity contribution in [3.8, 4) is 5.75 Å². The molecule has 0 fully saturated rings. The first-order valence-electron chi connectivity index (χ1n) is 11.2. The maximum Gasteiger partial charge on any atom is 0.254 e. The zero-order valence-electron chi connectivity index (χ0n) is 18.9. The molecule has 4 rings (SSSR count). The van der Waals surface area contributed by atoms with Crippen molar-refractivity contribution in [3.63, 3.8) is 0 Å². The number of thiophene rings is 1. The molecule has 0 bridgehead atoms. The van der Waals surface area contributed by atoms with E-state index in [1.165, 1.54) is 17.0 Å². The highest BCUT2D eigenvalue weighted by Crippen LogP contribution is 2.34. The molecule has 3 aromatic rings. The smallest absolute Gasteiger partial charge is 0.254 e. The van der Waals surface area contributed by atoms with E-state index in [1.807, 2.05) is 35.4 Å². The highest BCUT2D eigenvalue weighted by Gasteiger charge is 2.33. The van der Waals surface area contributed by atoms with E-state index < -0.39 is 0 Å². The van der Waals surface area contributed by atoms with Gasteiger partial charge < -0.3 is 14.5 Å². The van der Waals surface area contributed by atoms with Crippen molar-refractivity contribution < 1.29 is 18.7 Å². The number of fused-ring (bicyclic) bond motifs is 1. The van der Waals surface area contributed by atoms with Crippen LogP contribution in [0.5, 0.6) is 5.75 Å². The number of amides is 2. The van der Waals surface area contributed by atoms with Crippen LogP contribution in [0.1, 0.15) is 40.2 Å². The second kappa shape index (κ2) is 11.1. The van der Waals surface area contributed by atoms with Crippen molar-refractivity contribution in [2.75, 3.05) is 26.2 Å². The van der Waals surface area contributed by atoms with Crippen molar-refractivity contribution in [2.24, 2.45) is 0 Å². The Balaban J connectivity index is 1.51. The third-order valence-corrected chi connectivity index (χ3v) is 7.30. The molecule has 178 valence electrons. The van der Waals surface area contributed by atoms with Crippen LogP contribution in [0.4, 0.5) is 4.39 Å². The Kier molecular flexibility index (Phi) is 8.00. The van der Waals surface area contributed by atoms with E-state index >= 15 is 0 Å². The molecule has 2 amide bonds. The van der Waals surface area contributed by atoms with Gasteiger partial charge in [0.05, 0.1) is 6.04 Å². The molecule has 1 aliphatic rings. The van der Waals surface area contributed by atoms with Crippen LogP contribution in [0.15, 0.2) is 64.5 Å². The predicted octanol–water partition coefficient (Wildman–Crippen LogP) is 5.71. The maximum absolute atomic E-state index is 13.5. The molecule has 0 saturated heterocycles. The van der Waals surface area contributed by atoms with Crippen LogP contribution >= 0.6 is 27.3 Å². The second-order valence-corrected chi connectivity index (χ2v) is 10.1. The fourth-order valence-corrected chi connectivity index (χ4v) is 5.49. The number of ether oxygens (including phenoxy) is 1. The Morgan fingerprint density at radius 2 is 2.00 bits per heavy atom. The largest absolute Gasteiger partial charge is 0.491 e. The summed E-state index contributed by atoms with van der Waals surface area (Å²) in [7, 11) is 0. The molecular weight excluding hydrogens is 519 g/mol. The van der Waals surface area contributed by atoms with E-state index in [2.05, 4.69) is 15.9 Å². The average Bonchev–Trinajstić information content (AvgIpc) is 3.32. The summed E-state index contributed by atoms with van der Waals surface area (Å²) in [5.74, 6) is -0.0492. The van der Waals surface area contributed by atoms with Gasteiger partial charge in [0, 0.05) is 28.0 Å². The Labute approximate surface area is 211 Å². The van der Waals surface area contributed by atoms with Crippen LogP contribution in [-0.4, -0.2) is 47.9 Å². The van der Waals surface area contributed by atoms with Gasteiger partial charge in [-0.15, -0.1) is 11.3 Å². The zero-order chi connectivity index (χ0) is 24.1. The maximum atomic E-state index is 13.5. The van der Waals surface area contributed by atoms with Gasteiger partial charge in [0.1, 0.15) is 24.7 Å². The fraction of sp³-hybridized carbons (Fsp3) is 0.308. The first-order chi connectivity index (χ1) is 16.5. The summed E-state index contributed by atoms with van der Waals surface area (Å²) in [6, 6.07) is 14.9. The van der Waals surface area contributed by atoms with Gasteiger partial charge in [0.15, 0.2) is 0 Å². The van der Waals surface area contributed by atoms with E-state index in [0.717, 1.165) is 22.9 Å². The van der Waals surface area contributed by atoms with Crippen molar-refractivity contribution in [1.82, 2.24) is 9.80 Å². The van der Waals surface area contributed by atoms with E-state index in [0.29, 0.717) is 24.4 Å². The lowest BCUT2D eigenvalue weighted by molar-refractivity contribution is -0.135. The molecule has 5 nitrogen and oxygen atoms in total. The topological polar surface area (TPSA) is 49.9 Å². The molecule has 1 unspecified atom stereocenters. The minimum Gasteiger partial charge on any atom is -0.491 e. The molecule has 1 aromatic heterocycles. The van der Waals surface area contributed by atoms with Crippen molar-refractivity contribution in [3.05, 3.63) is 86.3 Å². The third kappa shape index (κ3) is 5.67. The molecule has 34 heavy (non-hydrogen) atoms. The molecule has 0 aliphatic carbocycles. The molecule has 0 N–H and O–H groups in total. The van der Waals surface area contributed by atoms with Crippen LogP contribution in [0.3, 0.4) is 0 Å². The second-order valence-electron chi connectivity index (χ2n) is 8.15. The lowest BCUT2D eigenvalue weighted by atomic mass is 10.0. The zero-order valence-corrected chi connectivity index (χ0v) is 21.3. The lowest BCUT2D eigenvalue weighted by Gasteiger charge is -2.37. The summed E-state index contributed by atoms with van der Waals surface area (Å²) in [5, 5.41) is 2.03. The quantitative estimate of drug-likeness (QED) is 0.365. The number of rotatable bonds is 8. The number of halogens is 2. The van der Waals surface area contributed by atoms with Gasteiger partial charge in [-0.3, -0.25) is 9.59 Å². The van der Waals surface area contributed by atoms with Gasteiger partial charge in [-0.2, -0.15) is 0 Å². The SMILES string of the molecule is CCCN(CC(=O)N1CCc2sccc2C1COc1ccc(F)cc1)C(=O)c1cccc(Br)c1. The molecule has 2 heterocycles. The van der Waals surface area contributed by atoms with E-state index in [9.17, 15) is 14.0 Å². The first kappa shape index (κ1) is 24.4. The van der Waals surface area contributed by atoms with Gasteiger partial charge in [-0.05, 0) is 72.3 Å². The van der Waals surface area contributed by atoms with Crippen molar-refractivity contribution in [2.45, 2.75) is 25.8 Å². The van der Waals surface area contributed by atoms with Crippen LogP contribution < -0.4 is 4.74 Å². The lowest BCUT2D eigenvalue weighted by Crippen LogP contribution is -2.48. The summed E-state index contributed by atoms with van der Waals surface area (Å²) in [5.41, 5.74) is 1.62. The fourth-order valence-electron chi connectivity index (χ4n) is 4.16. The Hall–Kier alpha value is -2.71. The van der Waals surface area contributed by atoms with Gasteiger partial charge in [0.25, 0.3) is 5.91 Å². The highest BCUT2D eigenvalue weighted by atomic mass is 79.9. The van der Waals surface area contributed by atoms with Gasteiger partial charge in [0.2, 0.25) is 5.91 Å². The molecule has 2 aromatic carbocycles. The van der Waals surface area contributed by atoms with Crippen LogP contribution in [0.2, 0.25) is 0 Å². The van der Waals surface area contributed by atoms with Gasteiger partial charge in [-0.25, -0.2) is 4.39 Å². The summed E-state index contributed by atoms with van der Waals surface area (Å²) < 4.78 is 20.0. The standard InChI is InChI=1S/C26H26BrFN2O3S/c1-2-12-29(26(32)18-4-3-5-19(27)15-18)16-25(31)30-13-10-24-22(11-14-34-24)23(30)17-33-21-8-6-20(28)7-9-21/h3-9,11,14-15,23H,2,10,12-13,16-17H2,1H3. The first-order valence-corrected chi connectivity index (χ1v) is 12.9. The van der Waals surface area contributed by atoms with E-state index in [1.54, 1.807) is 40.5 Å². The molecular formula is C26H26BrFN2O3S. The molecule has 8 heteroatoms. The third-order valence-electron chi connectivity index (χ3n) is 5.82. The summed E-state index contributed by atoms with van der Waals surface area (Å²) in [6.07, 6.45) is 1.53. The monoisotopic (exact) mass is 544 g/mol. The number of nitrogens with zero attached hydrogens (tertiary/aromatic N) is 2. The summed E-state index contributed by atoms with van der Waals surface area (Å²) in [6.45, 7) is 3.31. The number of hydrogen-bond donors (Lipinski definition) is 0. The Morgan fingerprint density at radius 1 is 1.21 bits per heavy atom. The van der Waals surface area contributed by atoms with Gasteiger partial charge >= 0.3 is 0 Å². The molecule has 0 radical (unpaired) electrons. The average molecular weight is 545 g/mol. The normalized spacial score (nSPS) is 15.0. The van der Waals surface area contributed by atoms with Crippen molar-refractivity contribution >= 4 is 39.1 Å². The number of benzene rings is 2. The molecule has 0 spiro atoms. The Bertz CT molecular complexity index is 1150. The predicted molar refractivity (Wildman–Crippen MR) is 135 cm³/mol. The van der Waals surface area contributed by atoms with E-state index in [4.69, 9.17) is 4.74 Å². The highest BCUT2D eigenvalue weighted by molar-refractivity contribution is 9.10. The number of hydrogen-bond acceptors (Lipinski definition) is 4. The number of carbonyl (C=O) groups excluding carboxylic acids is 2. The molecule has 1 aliphatic heterocycles. The Morgan fingerprint density at radius 3 is 2.74 bits per heavy atom. The van der Waals surface area contributed by atoms with Crippen LogP contribution in [0, 0.1) is 5.82 Å². The van der Waals surface area contributed by atoms with Crippen LogP contribution in [0.25, 0.3) is 0 Å².